The van der Waals surface area contributed by atoms with Crippen LogP contribution in [0.3, 0.4) is 0 Å². The molecule has 1 unspecified atom stereocenters. The molecule has 0 saturated heterocycles. The van der Waals surface area contributed by atoms with Gasteiger partial charge < -0.3 is 10.4 Å². The monoisotopic (exact) mass is 445 g/mol. The van der Waals surface area contributed by atoms with E-state index in [1.165, 1.54) is 0 Å². The van der Waals surface area contributed by atoms with E-state index in [9.17, 15) is 9.90 Å². The molecule has 2 aromatic carbocycles. The number of carbonyl (C=O) groups is 1. The van der Waals surface area contributed by atoms with Crippen molar-refractivity contribution in [3.63, 3.8) is 0 Å². The number of hydrogen-bond acceptors (Lipinski definition) is 2. The van der Waals surface area contributed by atoms with Gasteiger partial charge in [-0.2, -0.15) is 0 Å². The molecular weight excluding hydrogens is 433 g/mol. The summed E-state index contributed by atoms with van der Waals surface area (Å²) >= 11 is 5.53. The highest BCUT2D eigenvalue weighted by Gasteiger charge is 2.16. The van der Waals surface area contributed by atoms with Crippen LogP contribution in [0, 0.1) is 3.57 Å². The lowest BCUT2D eigenvalue weighted by molar-refractivity contribution is 0.0915. The lowest BCUT2D eigenvalue weighted by atomic mass is 10.1. The van der Waals surface area contributed by atoms with Gasteiger partial charge in [0.05, 0.1) is 18.2 Å². The lowest BCUT2D eigenvalue weighted by Crippen LogP contribution is -2.31. The standard InChI is InChI=1S/C15H13BrINO2/c16-13-7-6-11(17)8-12(13)15(20)18-14(9-19)10-4-2-1-3-5-10/h1-8,14,19H,9H2,(H,18,20). The summed E-state index contributed by atoms with van der Waals surface area (Å²) in [6.07, 6.45) is 0. The molecule has 2 rings (SSSR count). The van der Waals surface area contributed by atoms with Gasteiger partial charge in [0.15, 0.2) is 0 Å². The molecular formula is C15H13BrINO2. The summed E-state index contributed by atoms with van der Waals surface area (Å²) in [6, 6.07) is 14.6. The molecule has 0 aliphatic carbocycles. The Hall–Kier alpha value is -0.920. The maximum absolute atomic E-state index is 12.3. The largest absolute Gasteiger partial charge is 0.394 e. The number of hydrogen-bond donors (Lipinski definition) is 2. The van der Waals surface area contributed by atoms with E-state index >= 15 is 0 Å². The molecule has 2 aromatic rings. The summed E-state index contributed by atoms with van der Waals surface area (Å²) in [7, 11) is 0. The molecule has 5 heteroatoms. The zero-order valence-electron chi connectivity index (χ0n) is 10.5. The number of rotatable bonds is 4. The highest BCUT2D eigenvalue weighted by molar-refractivity contribution is 14.1. The first kappa shape index (κ1) is 15.5. The van der Waals surface area contributed by atoms with Crippen molar-refractivity contribution in [2.45, 2.75) is 6.04 Å². The summed E-state index contributed by atoms with van der Waals surface area (Å²) in [5, 5.41) is 12.3. The van der Waals surface area contributed by atoms with Crippen LogP contribution in [0.5, 0.6) is 0 Å². The molecule has 0 bridgehead atoms. The molecule has 2 N–H and O–H groups in total. The molecule has 0 fully saturated rings. The Morgan fingerprint density at radius 2 is 1.95 bits per heavy atom. The van der Waals surface area contributed by atoms with Gasteiger partial charge in [-0.25, -0.2) is 0 Å². The van der Waals surface area contributed by atoms with Crippen molar-refractivity contribution in [1.82, 2.24) is 5.32 Å². The average Bonchev–Trinajstić information content (AvgIpc) is 2.48. The van der Waals surface area contributed by atoms with Crippen molar-refractivity contribution in [2.24, 2.45) is 0 Å². The van der Waals surface area contributed by atoms with E-state index in [2.05, 4.69) is 43.8 Å². The van der Waals surface area contributed by atoms with Gasteiger partial charge in [0.25, 0.3) is 5.91 Å². The van der Waals surface area contributed by atoms with Crippen LogP contribution in [-0.4, -0.2) is 17.6 Å². The van der Waals surface area contributed by atoms with Crippen molar-refractivity contribution in [1.29, 1.82) is 0 Å². The van der Waals surface area contributed by atoms with Gasteiger partial charge in [-0.1, -0.05) is 30.3 Å². The fraction of sp³-hybridized carbons (Fsp3) is 0.133. The highest BCUT2D eigenvalue weighted by Crippen LogP contribution is 2.21. The Bertz CT molecular complexity index is 604. The number of carbonyl (C=O) groups excluding carboxylic acids is 1. The third-order valence-corrected chi connectivity index (χ3v) is 4.23. The molecule has 0 aliphatic heterocycles. The molecule has 1 atom stereocenters. The highest BCUT2D eigenvalue weighted by atomic mass is 127. The van der Waals surface area contributed by atoms with E-state index in [0.717, 1.165) is 13.6 Å². The van der Waals surface area contributed by atoms with Gasteiger partial charge in [-0.05, 0) is 62.3 Å². The first-order chi connectivity index (χ1) is 9.61. The van der Waals surface area contributed by atoms with Gasteiger partial charge in [0.1, 0.15) is 0 Å². The van der Waals surface area contributed by atoms with E-state index < -0.39 is 6.04 Å². The van der Waals surface area contributed by atoms with Crippen LogP contribution >= 0.6 is 38.5 Å². The van der Waals surface area contributed by atoms with E-state index in [4.69, 9.17) is 0 Å². The van der Waals surface area contributed by atoms with Crippen molar-refractivity contribution >= 4 is 44.4 Å². The van der Waals surface area contributed by atoms with Crippen molar-refractivity contribution in [3.8, 4) is 0 Å². The molecule has 0 spiro atoms. The number of aliphatic hydroxyl groups is 1. The maximum Gasteiger partial charge on any atom is 0.253 e. The molecule has 0 heterocycles. The Labute approximate surface area is 139 Å². The quantitative estimate of drug-likeness (QED) is 0.707. The van der Waals surface area contributed by atoms with Crippen LogP contribution in [0.1, 0.15) is 22.0 Å². The van der Waals surface area contributed by atoms with Crippen molar-refractivity contribution in [2.75, 3.05) is 6.61 Å². The van der Waals surface area contributed by atoms with E-state index in [1.807, 2.05) is 42.5 Å². The molecule has 0 saturated carbocycles. The van der Waals surface area contributed by atoms with Crippen LogP contribution in [0.15, 0.2) is 53.0 Å². The normalized spacial score (nSPS) is 11.9. The Balaban J connectivity index is 2.20. The Kier molecular flexibility index (Phi) is 5.56. The maximum atomic E-state index is 12.3. The second-order valence-electron chi connectivity index (χ2n) is 4.24. The minimum Gasteiger partial charge on any atom is -0.394 e. The van der Waals surface area contributed by atoms with Crippen LogP contribution in [-0.2, 0) is 0 Å². The molecule has 0 radical (unpaired) electrons. The second kappa shape index (κ2) is 7.19. The van der Waals surface area contributed by atoms with Gasteiger partial charge in [0.2, 0.25) is 0 Å². The zero-order chi connectivity index (χ0) is 14.5. The van der Waals surface area contributed by atoms with Gasteiger partial charge >= 0.3 is 0 Å². The number of aliphatic hydroxyl groups excluding tert-OH is 1. The number of amides is 1. The van der Waals surface area contributed by atoms with Crippen LogP contribution < -0.4 is 5.32 Å². The number of nitrogens with one attached hydrogen (secondary N) is 1. The smallest absolute Gasteiger partial charge is 0.253 e. The van der Waals surface area contributed by atoms with Gasteiger partial charge in [0, 0.05) is 8.04 Å². The number of benzene rings is 2. The second-order valence-corrected chi connectivity index (χ2v) is 6.34. The van der Waals surface area contributed by atoms with Gasteiger partial charge in [-0.3, -0.25) is 4.79 Å². The predicted octanol–water partition coefficient (Wildman–Crippen LogP) is 3.52. The molecule has 0 aromatic heterocycles. The van der Waals surface area contributed by atoms with E-state index in [0.29, 0.717) is 5.56 Å². The summed E-state index contributed by atoms with van der Waals surface area (Å²) < 4.78 is 1.72. The molecule has 3 nitrogen and oxygen atoms in total. The first-order valence-electron chi connectivity index (χ1n) is 6.03. The summed E-state index contributed by atoms with van der Waals surface area (Å²) in [6.45, 7) is -0.142. The van der Waals surface area contributed by atoms with Gasteiger partial charge in [-0.15, -0.1) is 0 Å². The van der Waals surface area contributed by atoms with Crippen molar-refractivity contribution in [3.05, 3.63) is 67.7 Å². The molecule has 0 aliphatic rings. The fourth-order valence-electron chi connectivity index (χ4n) is 1.83. The Morgan fingerprint density at radius 3 is 2.60 bits per heavy atom. The number of halogens is 2. The van der Waals surface area contributed by atoms with Crippen LogP contribution in [0.4, 0.5) is 0 Å². The summed E-state index contributed by atoms with van der Waals surface area (Å²) in [5.41, 5.74) is 1.44. The third-order valence-electron chi connectivity index (χ3n) is 2.86. The molecule has 1 amide bonds. The Morgan fingerprint density at radius 1 is 1.25 bits per heavy atom. The topological polar surface area (TPSA) is 49.3 Å². The van der Waals surface area contributed by atoms with E-state index in [-0.39, 0.29) is 12.5 Å². The SMILES string of the molecule is O=C(NC(CO)c1ccccc1)c1cc(I)ccc1Br. The van der Waals surface area contributed by atoms with Crippen LogP contribution in [0.2, 0.25) is 0 Å². The third kappa shape index (κ3) is 3.80. The minimum atomic E-state index is -0.409. The van der Waals surface area contributed by atoms with Crippen molar-refractivity contribution < 1.29 is 9.90 Å². The minimum absolute atomic E-state index is 0.142. The van der Waals surface area contributed by atoms with E-state index in [1.54, 1.807) is 6.07 Å². The summed E-state index contributed by atoms with van der Waals surface area (Å²) in [5.74, 6) is -0.210. The average molecular weight is 446 g/mol. The van der Waals surface area contributed by atoms with Crippen LogP contribution in [0.25, 0.3) is 0 Å². The fourth-order valence-corrected chi connectivity index (χ4v) is 2.75. The predicted molar refractivity (Wildman–Crippen MR) is 90.6 cm³/mol. The first-order valence-corrected chi connectivity index (χ1v) is 7.90. The summed E-state index contributed by atoms with van der Waals surface area (Å²) in [4.78, 5) is 12.3. The zero-order valence-corrected chi connectivity index (χ0v) is 14.3. The lowest BCUT2D eigenvalue weighted by Gasteiger charge is -2.17. The molecule has 104 valence electrons. The molecule has 20 heavy (non-hydrogen) atoms.